The lowest BCUT2D eigenvalue weighted by atomic mass is 9.97. The van der Waals surface area contributed by atoms with Crippen molar-refractivity contribution >= 4 is 5.69 Å². The van der Waals surface area contributed by atoms with E-state index in [0.717, 1.165) is 25.1 Å². The number of benzene rings is 1. The summed E-state index contributed by atoms with van der Waals surface area (Å²) in [6.45, 7) is 9.17. The number of hydrazine groups is 1. The second-order valence-corrected chi connectivity index (χ2v) is 6.39. The minimum Gasteiger partial charge on any atom is -0.389 e. The van der Waals surface area contributed by atoms with Crippen molar-refractivity contribution in [1.29, 1.82) is 0 Å². The maximum atomic E-state index is 10.2. The summed E-state index contributed by atoms with van der Waals surface area (Å²) in [4.78, 5) is 0. The van der Waals surface area contributed by atoms with E-state index >= 15 is 0 Å². The molecule has 0 bridgehead atoms. The third-order valence-corrected chi connectivity index (χ3v) is 3.92. The summed E-state index contributed by atoms with van der Waals surface area (Å²) in [6.07, 6.45) is 2.17. The van der Waals surface area contributed by atoms with Crippen LogP contribution in [0.5, 0.6) is 0 Å². The van der Waals surface area contributed by atoms with E-state index in [-0.39, 0.29) is 6.04 Å². The zero-order chi connectivity index (χ0) is 14.0. The first kappa shape index (κ1) is 14.4. The Hall–Kier alpha value is -1.06. The zero-order valence-corrected chi connectivity index (χ0v) is 12.5. The maximum absolute atomic E-state index is 10.2. The van der Waals surface area contributed by atoms with Crippen molar-refractivity contribution in [2.75, 3.05) is 12.0 Å². The number of hydrogen-bond acceptors (Lipinski definition) is 3. The highest BCUT2D eigenvalue weighted by Gasteiger charge is 2.35. The van der Waals surface area contributed by atoms with Crippen LogP contribution in [0.2, 0.25) is 0 Å². The standard InChI is InChI=1S/C16H26N2O/c1-12(2)13-7-9-14(10-8-13)17-18-11-5-6-15(18)16(3,4)19/h7-10,12,15,17,19H,5-6,11H2,1-4H3. The largest absolute Gasteiger partial charge is 0.389 e. The minimum absolute atomic E-state index is 0.178. The average molecular weight is 262 g/mol. The first-order valence-electron chi connectivity index (χ1n) is 7.23. The van der Waals surface area contributed by atoms with Gasteiger partial charge in [-0.05, 0) is 50.3 Å². The number of anilines is 1. The van der Waals surface area contributed by atoms with Crippen molar-refractivity contribution in [1.82, 2.24) is 5.01 Å². The van der Waals surface area contributed by atoms with Gasteiger partial charge >= 0.3 is 0 Å². The van der Waals surface area contributed by atoms with Crippen molar-refractivity contribution in [2.24, 2.45) is 0 Å². The van der Waals surface area contributed by atoms with Gasteiger partial charge < -0.3 is 10.5 Å². The fraction of sp³-hybridized carbons (Fsp3) is 0.625. The number of nitrogens with zero attached hydrogens (tertiary/aromatic N) is 1. The fourth-order valence-electron chi connectivity index (χ4n) is 2.74. The predicted octanol–water partition coefficient (Wildman–Crippen LogP) is 3.37. The van der Waals surface area contributed by atoms with Crippen LogP contribution in [0.25, 0.3) is 0 Å². The molecule has 0 aromatic heterocycles. The van der Waals surface area contributed by atoms with Crippen LogP contribution < -0.4 is 5.43 Å². The van der Waals surface area contributed by atoms with Crippen molar-refractivity contribution in [3.05, 3.63) is 29.8 Å². The smallest absolute Gasteiger partial charge is 0.0764 e. The summed E-state index contributed by atoms with van der Waals surface area (Å²) in [5.74, 6) is 0.560. The predicted molar refractivity (Wildman–Crippen MR) is 80.2 cm³/mol. The minimum atomic E-state index is -0.665. The maximum Gasteiger partial charge on any atom is 0.0764 e. The highest BCUT2D eigenvalue weighted by atomic mass is 16.3. The van der Waals surface area contributed by atoms with Crippen LogP contribution in [0.1, 0.15) is 52.0 Å². The Bertz CT molecular complexity index is 406. The van der Waals surface area contributed by atoms with Crippen LogP contribution in [0.4, 0.5) is 5.69 Å². The molecule has 1 atom stereocenters. The van der Waals surface area contributed by atoms with Gasteiger partial charge in [-0.1, -0.05) is 26.0 Å². The Kier molecular flexibility index (Phi) is 4.16. The topological polar surface area (TPSA) is 35.5 Å². The Balaban J connectivity index is 2.04. The molecule has 1 aliphatic rings. The molecule has 3 nitrogen and oxygen atoms in total. The van der Waals surface area contributed by atoms with Gasteiger partial charge in [-0.25, -0.2) is 5.01 Å². The van der Waals surface area contributed by atoms with E-state index in [2.05, 4.69) is 48.5 Å². The van der Waals surface area contributed by atoms with Gasteiger partial charge in [0, 0.05) is 12.2 Å². The summed E-state index contributed by atoms with van der Waals surface area (Å²) in [5.41, 5.74) is 5.22. The number of rotatable bonds is 4. The first-order valence-corrected chi connectivity index (χ1v) is 7.23. The molecule has 0 saturated carbocycles. The molecule has 1 aromatic carbocycles. The normalized spacial score (nSPS) is 21.1. The Morgan fingerprint density at radius 1 is 1.26 bits per heavy atom. The monoisotopic (exact) mass is 262 g/mol. The summed E-state index contributed by atoms with van der Waals surface area (Å²) in [6, 6.07) is 8.76. The fourth-order valence-corrected chi connectivity index (χ4v) is 2.74. The highest BCUT2D eigenvalue weighted by Crippen LogP contribution is 2.27. The average Bonchev–Trinajstić information content (AvgIpc) is 2.77. The van der Waals surface area contributed by atoms with Gasteiger partial charge in [-0.15, -0.1) is 0 Å². The number of nitrogens with one attached hydrogen (secondary N) is 1. The molecule has 1 saturated heterocycles. The van der Waals surface area contributed by atoms with Crippen LogP contribution in [0, 0.1) is 0 Å². The molecule has 0 radical (unpaired) electrons. The van der Waals surface area contributed by atoms with E-state index in [1.165, 1.54) is 5.56 Å². The van der Waals surface area contributed by atoms with Crippen molar-refractivity contribution in [3.8, 4) is 0 Å². The van der Waals surface area contributed by atoms with E-state index in [9.17, 15) is 5.11 Å². The van der Waals surface area contributed by atoms with E-state index in [4.69, 9.17) is 0 Å². The molecule has 1 heterocycles. The lowest BCUT2D eigenvalue weighted by Gasteiger charge is -2.34. The van der Waals surface area contributed by atoms with E-state index in [0.29, 0.717) is 5.92 Å². The second-order valence-electron chi connectivity index (χ2n) is 6.39. The summed E-state index contributed by atoms with van der Waals surface area (Å²) in [7, 11) is 0. The van der Waals surface area contributed by atoms with Crippen molar-refractivity contribution < 1.29 is 5.11 Å². The highest BCUT2D eigenvalue weighted by molar-refractivity contribution is 5.44. The molecule has 106 valence electrons. The molecule has 1 aliphatic heterocycles. The van der Waals surface area contributed by atoms with Crippen LogP contribution in [0.15, 0.2) is 24.3 Å². The van der Waals surface area contributed by atoms with Crippen LogP contribution in [0.3, 0.4) is 0 Å². The molecule has 0 aliphatic carbocycles. The first-order chi connectivity index (χ1) is 8.88. The number of hydrogen-bond donors (Lipinski definition) is 2. The summed E-state index contributed by atoms with van der Waals surface area (Å²) >= 11 is 0. The third-order valence-electron chi connectivity index (χ3n) is 3.92. The lowest BCUT2D eigenvalue weighted by molar-refractivity contribution is 0.00567. The van der Waals surface area contributed by atoms with Gasteiger partial charge in [-0.2, -0.15) is 0 Å². The van der Waals surface area contributed by atoms with E-state index in [1.807, 2.05) is 13.8 Å². The number of aliphatic hydroxyl groups is 1. The van der Waals surface area contributed by atoms with Crippen LogP contribution in [-0.4, -0.2) is 28.3 Å². The van der Waals surface area contributed by atoms with Crippen molar-refractivity contribution in [2.45, 2.75) is 58.1 Å². The van der Waals surface area contributed by atoms with Gasteiger partial charge in [0.2, 0.25) is 0 Å². The Morgan fingerprint density at radius 2 is 1.89 bits per heavy atom. The Morgan fingerprint density at radius 3 is 2.42 bits per heavy atom. The van der Waals surface area contributed by atoms with Crippen molar-refractivity contribution in [3.63, 3.8) is 0 Å². The SMILES string of the molecule is CC(C)c1ccc(NN2CCCC2C(C)(C)O)cc1. The van der Waals surface area contributed by atoms with Gasteiger partial charge in [0.05, 0.1) is 11.6 Å². The molecule has 2 N–H and O–H groups in total. The zero-order valence-electron chi connectivity index (χ0n) is 12.5. The van der Waals surface area contributed by atoms with Crippen LogP contribution >= 0.6 is 0 Å². The molecular weight excluding hydrogens is 236 g/mol. The summed E-state index contributed by atoms with van der Waals surface area (Å²) < 4.78 is 0. The molecule has 2 rings (SSSR count). The quantitative estimate of drug-likeness (QED) is 0.873. The van der Waals surface area contributed by atoms with Crippen LogP contribution in [-0.2, 0) is 0 Å². The van der Waals surface area contributed by atoms with Gasteiger partial charge in [-0.3, -0.25) is 0 Å². The lowest BCUT2D eigenvalue weighted by Crippen LogP contribution is -2.48. The van der Waals surface area contributed by atoms with Gasteiger partial charge in [0.15, 0.2) is 0 Å². The van der Waals surface area contributed by atoms with E-state index in [1.54, 1.807) is 0 Å². The Labute approximate surface area is 116 Å². The second kappa shape index (κ2) is 5.51. The van der Waals surface area contributed by atoms with Gasteiger partial charge in [0.25, 0.3) is 0 Å². The third kappa shape index (κ3) is 3.48. The molecule has 0 spiro atoms. The molecular formula is C16H26N2O. The molecule has 1 aromatic rings. The molecule has 1 fully saturated rings. The van der Waals surface area contributed by atoms with Gasteiger partial charge in [0.1, 0.15) is 0 Å². The molecule has 3 heteroatoms. The molecule has 0 amide bonds. The molecule has 1 unspecified atom stereocenters. The van der Waals surface area contributed by atoms with E-state index < -0.39 is 5.60 Å². The molecule has 19 heavy (non-hydrogen) atoms. The summed E-state index contributed by atoms with van der Waals surface area (Å²) in [5, 5.41) is 12.4.